The molecule has 2 aromatic rings. The molecule has 0 spiro atoms. The molecular formula is C14H11ClN4O4. The number of anilines is 1. The fourth-order valence-electron chi connectivity index (χ4n) is 1.70. The second kappa shape index (κ2) is 6.75. The van der Waals surface area contributed by atoms with Crippen molar-refractivity contribution in [2.45, 2.75) is 0 Å². The normalized spacial score (nSPS) is 9.96. The predicted octanol–water partition coefficient (Wildman–Crippen LogP) is 1.91. The SMILES string of the molecule is Nc1ccc(C(=O)NNC(=O)c2ccc(Cl)cc2)cc1[N+](=O)[O-]. The topological polar surface area (TPSA) is 127 Å². The molecule has 9 heteroatoms. The van der Waals surface area contributed by atoms with Crippen LogP contribution in [0.5, 0.6) is 0 Å². The van der Waals surface area contributed by atoms with Crippen molar-refractivity contribution in [1.82, 2.24) is 10.9 Å². The Kier molecular flexibility index (Phi) is 4.77. The molecule has 118 valence electrons. The molecule has 0 fully saturated rings. The molecule has 0 heterocycles. The minimum atomic E-state index is -0.713. The molecule has 23 heavy (non-hydrogen) atoms. The first-order valence-electron chi connectivity index (χ1n) is 6.28. The van der Waals surface area contributed by atoms with Crippen LogP contribution in [0.1, 0.15) is 20.7 Å². The lowest BCUT2D eigenvalue weighted by Gasteiger charge is -2.08. The number of hydrogen-bond acceptors (Lipinski definition) is 5. The number of nitrogens with one attached hydrogen (secondary N) is 2. The van der Waals surface area contributed by atoms with Gasteiger partial charge in [0.1, 0.15) is 5.69 Å². The van der Waals surface area contributed by atoms with Crippen LogP contribution in [0.15, 0.2) is 42.5 Å². The molecule has 0 aliphatic carbocycles. The quantitative estimate of drug-likeness (QED) is 0.449. The van der Waals surface area contributed by atoms with Crippen LogP contribution in [0.4, 0.5) is 11.4 Å². The third kappa shape index (κ3) is 3.95. The van der Waals surface area contributed by atoms with E-state index < -0.39 is 16.7 Å². The molecule has 0 saturated carbocycles. The number of nitrogens with zero attached hydrogens (tertiary/aromatic N) is 1. The molecule has 2 amide bonds. The highest BCUT2D eigenvalue weighted by Crippen LogP contribution is 2.22. The summed E-state index contributed by atoms with van der Waals surface area (Å²) in [5.74, 6) is -1.27. The van der Waals surface area contributed by atoms with Crippen LogP contribution in [0.2, 0.25) is 5.02 Å². The van der Waals surface area contributed by atoms with Crippen molar-refractivity contribution in [1.29, 1.82) is 0 Å². The lowest BCUT2D eigenvalue weighted by Crippen LogP contribution is -2.41. The third-order valence-electron chi connectivity index (χ3n) is 2.89. The Bertz CT molecular complexity index is 777. The minimum absolute atomic E-state index is 0.0118. The number of carbonyl (C=O) groups is 2. The molecule has 0 aliphatic heterocycles. The molecule has 0 aliphatic rings. The number of hydrazine groups is 1. The highest BCUT2D eigenvalue weighted by atomic mass is 35.5. The molecule has 0 unspecified atom stereocenters. The molecule has 0 saturated heterocycles. The fraction of sp³-hybridized carbons (Fsp3) is 0. The van der Waals surface area contributed by atoms with Crippen molar-refractivity contribution in [3.63, 3.8) is 0 Å². The van der Waals surface area contributed by atoms with E-state index in [1.807, 2.05) is 0 Å². The number of nitrogen functional groups attached to an aromatic ring is 1. The van der Waals surface area contributed by atoms with Crippen molar-refractivity contribution >= 4 is 34.8 Å². The smallest absolute Gasteiger partial charge is 0.292 e. The number of nitro groups is 1. The lowest BCUT2D eigenvalue weighted by molar-refractivity contribution is -0.383. The molecule has 8 nitrogen and oxygen atoms in total. The van der Waals surface area contributed by atoms with Gasteiger partial charge in [0.25, 0.3) is 17.5 Å². The summed E-state index contributed by atoms with van der Waals surface area (Å²) >= 11 is 5.71. The van der Waals surface area contributed by atoms with E-state index in [1.165, 1.54) is 36.4 Å². The maximum atomic E-state index is 11.9. The highest BCUT2D eigenvalue weighted by molar-refractivity contribution is 6.30. The Morgan fingerprint density at radius 1 is 1.00 bits per heavy atom. The Hall–Kier alpha value is -3.13. The summed E-state index contributed by atoms with van der Waals surface area (Å²) in [5, 5.41) is 11.3. The molecule has 0 radical (unpaired) electrons. The predicted molar refractivity (Wildman–Crippen MR) is 83.9 cm³/mol. The van der Waals surface area contributed by atoms with Crippen LogP contribution in [0, 0.1) is 10.1 Å². The van der Waals surface area contributed by atoms with Gasteiger partial charge in [0, 0.05) is 22.2 Å². The van der Waals surface area contributed by atoms with Gasteiger partial charge in [-0.15, -0.1) is 0 Å². The maximum absolute atomic E-state index is 11.9. The lowest BCUT2D eigenvalue weighted by atomic mass is 10.1. The first-order chi connectivity index (χ1) is 10.9. The Labute approximate surface area is 135 Å². The first kappa shape index (κ1) is 16.2. The van der Waals surface area contributed by atoms with Crippen LogP contribution in [0.3, 0.4) is 0 Å². The first-order valence-corrected chi connectivity index (χ1v) is 6.66. The van der Waals surface area contributed by atoms with Crippen LogP contribution < -0.4 is 16.6 Å². The van der Waals surface area contributed by atoms with E-state index in [4.69, 9.17) is 17.3 Å². The zero-order chi connectivity index (χ0) is 17.0. The van der Waals surface area contributed by atoms with Gasteiger partial charge in [-0.1, -0.05) is 11.6 Å². The van der Waals surface area contributed by atoms with Gasteiger partial charge in [0.2, 0.25) is 0 Å². The van der Waals surface area contributed by atoms with E-state index in [0.717, 1.165) is 6.07 Å². The van der Waals surface area contributed by atoms with Crippen molar-refractivity contribution in [3.05, 3.63) is 68.7 Å². The van der Waals surface area contributed by atoms with E-state index in [1.54, 1.807) is 0 Å². The molecule has 0 atom stereocenters. The summed E-state index contributed by atoms with van der Waals surface area (Å²) in [4.78, 5) is 33.8. The molecular weight excluding hydrogens is 324 g/mol. The van der Waals surface area contributed by atoms with Gasteiger partial charge in [-0.2, -0.15) is 0 Å². The summed E-state index contributed by atoms with van der Waals surface area (Å²) in [6, 6.07) is 9.61. The van der Waals surface area contributed by atoms with E-state index >= 15 is 0 Å². The van der Waals surface area contributed by atoms with Gasteiger partial charge in [-0.25, -0.2) is 0 Å². The minimum Gasteiger partial charge on any atom is -0.393 e. The third-order valence-corrected chi connectivity index (χ3v) is 3.14. The van der Waals surface area contributed by atoms with Gasteiger partial charge in [-0.3, -0.25) is 30.6 Å². The average molecular weight is 335 g/mol. The Balaban J connectivity index is 2.05. The summed E-state index contributed by atoms with van der Waals surface area (Å²) in [6.45, 7) is 0. The van der Waals surface area contributed by atoms with E-state index in [0.29, 0.717) is 5.02 Å². The van der Waals surface area contributed by atoms with E-state index in [9.17, 15) is 19.7 Å². The molecule has 4 N–H and O–H groups in total. The van der Waals surface area contributed by atoms with Crippen LogP contribution in [0.25, 0.3) is 0 Å². The van der Waals surface area contributed by atoms with Crippen molar-refractivity contribution in [2.75, 3.05) is 5.73 Å². The van der Waals surface area contributed by atoms with Crippen LogP contribution in [-0.2, 0) is 0 Å². The van der Waals surface area contributed by atoms with Gasteiger partial charge in [0.05, 0.1) is 4.92 Å². The van der Waals surface area contributed by atoms with Crippen molar-refractivity contribution in [3.8, 4) is 0 Å². The zero-order valence-corrected chi connectivity index (χ0v) is 12.3. The standard InChI is InChI=1S/C14H11ClN4O4/c15-10-4-1-8(2-5-10)13(20)17-18-14(21)9-3-6-11(16)12(7-9)19(22)23/h1-7H,16H2,(H,17,20)(H,18,21). The fourth-order valence-corrected chi connectivity index (χ4v) is 1.83. The van der Waals surface area contributed by atoms with Crippen LogP contribution in [-0.4, -0.2) is 16.7 Å². The number of hydrogen-bond donors (Lipinski definition) is 3. The zero-order valence-electron chi connectivity index (χ0n) is 11.6. The number of carbonyl (C=O) groups excluding carboxylic acids is 2. The number of nitrogens with two attached hydrogens (primary N) is 1. The number of halogens is 1. The number of nitro benzene ring substituents is 1. The molecule has 2 rings (SSSR count). The second-order valence-corrected chi connectivity index (χ2v) is 4.88. The summed E-state index contributed by atoms with van der Waals surface area (Å²) in [5.41, 5.74) is 9.64. The summed E-state index contributed by atoms with van der Waals surface area (Å²) in [6.07, 6.45) is 0. The van der Waals surface area contributed by atoms with E-state index in [-0.39, 0.29) is 22.5 Å². The molecule has 0 aromatic heterocycles. The summed E-state index contributed by atoms with van der Waals surface area (Å²) < 4.78 is 0. The van der Waals surface area contributed by atoms with Gasteiger partial charge < -0.3 is 5.73 Å². The molecule has 2 aromatic carbocycles. The van der Waals surface area contributed by atoms with Gasteiger partial charge in [0.15, 0.2) is 0 Å². The van der Waals surface area contributed by atoms with Gasteiger partial charge in [-0.05, 0) is 36.4 Å². The summed E-state index contributed by atoms with van der Waals surface area (Å²) in [7, 11) is 0. The number of amides is 2. The maximum Gasteiger partial charge on any atom is 0.292 e. The van der Waals surface area contributed by atoms with Crippen molar-refractivity contribution < 1.29 is 14.5 Å². The number of rotatable bonds is 3. The Morgan fingerprint density at radius 2 is 1.52 bits per heavy atom. The largest absolute Gasteiger partial charge is 0.393 e. The van der Waals surface area contributed by atoms with Gasteiger partial charge >= 0.3 is 0 Å². The van der Waals surface area contributed by atoms with E-state index in [2.05, 4.69) is 10.9 Å². The van der Waals surface area contributed by atoms with Crippen LogP contribution >= 0.6 is 11.6 Å². The monoisotopic (exact) mass is 334 g/mol. The molecule has 0 bridgehead atoms. The number of benzene rings is 2. The average Bonchev–Trinajstić information content (AvgIpc) is 2.53. The van der Waals surface area contributed by atoms with Crippen molar-refractivity contribution in [2.24, 2.45) is 0 Å². The second-order valence-electron chi connectivity index (χ2n) is 4.45. The Morgan fingerprint density at radius 3 is 2.09 bits per heavy atom. The highest BCUT2D eigenvalue weighted by Gasteiger charge is 2.16.